The highest BCUT2D eigenvalue weighted by atomic mass is 32.1. The highest BCUT2D eigenvalue weighted by Crippen LogP contribution is 2.29. The number of aromatic nitrogens is 1. The summed E-state index contributed by atoms with van der Waals surface area (Å²) in [6.45, 7) is 3.71. The zero-order chi connectivity index (χ0) is 19.6. The number of amides is 2. The molecular formula is C19H16F3N3OS. The van der Waals surface area contributed by atoms with Gasteiger partial charge in [0.25, 0.3) is 0 Å². The molecular weight excluding hydrogens is 375 g/mol. The van der Waals surface area contributed by atoms with E-state index < -0.39 is 17.8 Å². The Morgan fingerprint density at radius 2 is 1.74 bits per heavy atom. The van der Waals surface area contributed by atoms with Crippen molar-refractivity contribution in [1.82, 2.24) is 4.57 Å². The molecule has 0 bridgehead atoms. The fourth-order valence-electron chi connectivity index (χ4n) is 2.47. The first kappa shape index (κ1) is 18.9. The number of nitrogens with one attached hydrogen (secondary N) is 1. The zero-order valence-electron chi connectivity index (χ0n) is 14.5. The van der Waals surface area contributed by atoms with Crippen LogP contribution in [0.1, 0.15) is 16.0 Å². The number of benzene rings is 2. The highest BCUT2D eigenvalue weighted by molar-refractivity contribution is 7.09. The molecule has 0 saturated heterocycles. The van der Waals surface area contributed by atoms with Crippen molar-refractivity contribution >= 4 is 23.1 Å². The van der Waals surface area contributed by atoms with E-state index in [1.54, 1.807) is 22.9 Å². The highest BCUT2D eigenvalue weighted by Gasteiger charge is 2.30. The molecule has 27 heavy (non-hydrogen) atoms. The van der Waals surface area contributed by atoms with Gasteiger partial charge in [-0.25, -0.2) is 4.79 Å². The first-order chi connectivity index (χ1) is 12.7. The van der Waals surface area contributed by atoms with Crippen LogP contribution in [0.15, 0.2) is 59.7 Å². The maximum absolute atomic E-state index is 12.7. The molecule has 0 aliphatic carbocycles. The van der Waals surface area contributed by atoms with Crippen LogP contribution in [0.25, 0.3) is 5.69 Å². The van der Waals surface area contributed by atoms with E-state index in [1.165, 1.54) is 23.5 Å². The van der Waals surface area contributed by atoms with Crippen LogP contribution in [-0.4, -0.2) is 10.6 Å². The van der Waals surface area contributed by atoms with E-state index in [-0.39, 0.29) is 0 Å². The molecule has 0 radical (unpaired) electrons. The summed E-state index contributed by atoms with van der Waals surface area (Å²) in [7, 11) is 0. The standard InChI is InChI=1S/C19H16F3N3OS/c1-12-5-3-4-6-16(12)23-17(26)24-18-25(11-13(2)27-18)15-9-7-14(8-10-15)19(20,21)22/h3-11H,1-2H3,(H,23,26). The molecule has 140 valence electrons. The van der Waals surface area contributed by atoms with Crippen molar-refractivity contribution in [2.24, 2.45) is 4.99 Å². The summed E-state index contributed by atoms with van der Waals surface area (Å²) in [6, 6.07) is 11.5. The number of hydrogen-bond acceptors (Lipinski definition) is 2. The van der Waals surface area contributed by atoms with Crippen LogP contribution in [0.3, 0.4) is 0 Å². The quantitative estimate of drug-likeness (QED) is 0.632. The van der Waals surface area contributed by atoms with Crippen molar-refractivity contribution in [2.45, 2.75) is 20.0 Å². The van der Waals surface area contributed by atoms with Crippen LogP contribution in [0.4, 0.5) is 23.7 Å². The smallest absolute Gasteiger partial charge is 0.306 e. The van der Waals surface area contributed by atoms with Crippen LogP contribution in [0, 0.1) is 13.8 Å². The Labute approximate surface area is 157 Å². The summed E-state index contributed by atoms with van der Waals surface area (Å²) in [4.78, 5) is 17.6. The largest absolute Gasteiger partial charge is 0.416 e. The van der Waals surface area contributed by atoms with Gasteiger partial charge >= 0.3 is 12.2 Å². The van der Waals surface area contributed by atoms with Crippen LogP contribution in [0.5, 0.6) is 0 Å². The molecule has 4 nitrogen and oxygen atoms in total. The number of para-hydroxylation sites is 1. The fourth-order valence-corrected chi connectivity index (χ4v) is 3.30. The van der Waals surface area contributed by atoms with Crippen LogP contribution in [-0.2, 0) is 6.18 Å². The van der Waals surface area contributed by atoms with Gasteiger partial charge in [-0.3, -0.25) is 4.57 Å². The molecule has 3 aromatic rings. The van der Waals surface area contributed by atoms with Gasteiger partial charge in [0.15, 0.2) is 4.80 Å². The van der Waals surface area contributed by atoms with Crippen molar-refractivity contribution in [3.05, 3.63) is 75.5 Å². The van der Waals surface area contributed by atoms with Gasteiger partial charge in [-0.05, 0) is 49.7 Å². The van der Waals surface area contributed by atoms with Gasteiger partial charge in [0.1, 0.15) is 0 Å². The van der Waals surface area contributed by atoms with Gasteiger partial charge in [0.05, 0.1) is 5.56 Å². The number of halogens is 3. The molecule has 1 N–H and O–H groups in total. The molecule has 0 fully saturated rings. The van der Waals surface area contributed by atoms with Gasteiger partial charge in [-0.15, -0.1) is 11.3 Å². The summed E-state index contributed by atoms with van der Waals surface area (Å²) in [5, 5.41) is 2.71. The molecule has 8 heteroatoms. The molecule has 0 aliphatic heterocycles. The van der Waals surface area contributed by atoms with Crippen molar-refractivity contribution in [3.63, 3.8) is 0 Å². The normalized spacial score (nSPS) is 12.3. The lowest BCUT2D eigenvalue weighted by Crippen LogP contribution is -2.18. The molecule has 2 aromatic carbocycles. The number of carbonyl (C=O) groups excluding carboxylic acids is 1. The molecule has 0 spiro atoms. The number of alkyl halides is 3. The molecule has 2 amide bonds. The topological polar surface area (TPSA) is 46.4 Å². The lowest BCUT2D eigenvalue weighted by Gasteiger charge is -2.08. The van der Waals surface area contributed by atoms with Crippen LogP contribution >= 0.6 is 11.3 Å². The van der Waals surface area contributed by atoms with Crippen LogP contribution < -0.4 is 10.1 Å². The average molecular weight is 391 g/mol. The Bertz CT molecular complexity index is 1030. The SMILES string of the molecule is Cc1cn(-c2ccc(C(F)(F)F)cc2)c(=NC(=O)Nc2ccccc2C)s1. The van der Waals surface area contributed by atoms with E-state index in [2.05, 4.69) is 10.3 Å². The van der Waals surface area contributed by atoms with E-state index in [9.17, 15) is 18.0 Å². The number of urea groups is 1. The van der Waals surface area contributed by atoms with Crippen LogP contribution in [0.2, 0.25) is 0 Å². The summed E-state index contributed by atoms with van der Waals surface area (Å²) in [5.74, 6) is 0. The van der Waals surface area contributed by atoms with E-state index >= 15 is 0 Å². The number of hydrogen-bond donors (Lipinski definition) is 1. The average Bonchev–Trinajstić information content (AvgIpc) is 2.96. The number of carbonyl (C=O) groups is 1. The third-order valence-corrected chi connectivity index (χ3v) is 4.72. The predicted molar refractivity (Wildman–Crippen MR) is 99.1 cm³/mol. The Morgan fingerprint density at radius 1 is 1.07 bits per heavy atom. The second-order valence-corrected chi connectivity index (χ2v) is 7.11. The van der Waals surface area contributed by atoms with Crippen molar-refractivity contribution in [3.8, 4) is 5.69 Å². The number of thiazole rings is 1. The molecule has 1 aromatic heterocycles. The monoisotopic (exact) mass is 391 g/mol. The first-order valence-corrected chi connectivity index (χ1v) is 8.84. The van der Waals surface area contributed by atoms with Crippen molar-refractivity contribution in [2.75, 3.05) is 5.32 Å². The molecule has 1 heterocycles. The number of rotatable bonds is 2. The molecule has 0 unspecified atom stereocenters. The van der Waals surface area contributed by atoms with E-state index in [0.717, 1.165) is 22.6 Å². The Morgan fingerprint density at radius 3 is 2.37 bits per heavy atom. The molecule has 0 atom stereocenters. The first-order valence-electron chi connectivity index (χ1n) is 8.02. The van der Waals surface area contributed by atoms with Gasteiger partial charge in [-0.1, -0.05) is 18.2 Å². The number of aryl methyl sites for hydroxylation is 2. The minimum atomic E-state index is -4.39. The lowest BCUT2D eigenvalue weighted by atomic mass is 10.2. The summed E-state index contributed by atoms with van der Waals surface area (Å²) < 4.78 is 39.8. The third-order valence-electron chi connectivity index (χ3n) is 3.83. The Hall–Kier alpha value is -2.87. The predicted octanol–water partition coefficient (Wildman–Crippen LogP) is 5.31. The van der Waals surface area contributed by atoms with Crippen molar-refractivity contribution in [1.29, 1.82) is 0 Å². The van der Waals surface area contributed by atoms with Gasteiger partial charge in [0, 0.05) is 22.4 Å². The summed E-state index contributed by atoms with van der Waals surface area (Å²) in [6.07, 6.45) is -2.67. The molecule has 3 rings (SSSR count). The van der Waals surface area contributed by atoms with Gasteiger partial charge in [0.2, 0.25) is 0 Å². The maximum atomic E-state index is 12.7. The minimum absolute atomic E-state index is 0.373. The van der Waals surface area contributed by atoms with Gasteiger partial charge < -0.3 is 5.32 Å². The maximum Gasteiger partial charge on any atom is 0.416 e. The summed E-state index contributed by atoms with van der Waals surface area (Å²) in [5.41, 5.74) is 1.32. The van der Waals surface area contributed by atoms with E-state index in [1.807, 2.05) is 26.0 Å². The lowest BCUT2D eigenvalue weighted by molar-refractivity contribution is -0.137. The van der Waals surface area contributed by atoms with E-state index in [4.69, 9.17) is 0 Å². The second kappa shape index (κ2) is 7.40. The second-order valence-electron chi connectivity index (χ2n) is 5.90. The number of anilines is 1. The molecule has 0 aliphatic rings. The zero-order valence-corrected chi connectivity index (χ0v) is 15.4. The fraction of sp³-hybridized carbons (Fsp3) is 0.158. The third kappa shape index (κ3) is 4.46. The number of nitrogens with zero attached hydrogens (tertiary/aromatic N) is 2. The Kier molecular flexibility index (Phi) is 5.18. The minimum Gasteiger partial charge on any atom is -0.306 e. The van der Waals surface area contributed by atoms with E-state index in [0.29, 0.717) is 16.2 Å². The van der Waals surface area contributed by atoms with Crippen molar-refractivity contribution < 1.29 is 18.0 Å². The van der Waals surface area contributed by atoms with Gasteiger partial charge in [-0.2, -0.15) is 18.2 Å². The summed E-state index contributed by atoms with van der Waals surface area (Å²) >= 11 is 1.28. The molecule has 0 saturated carbocycles. The Balaban J connectivity index is 1.93.